The molecule has 19 heteroatoms. The summed E-state index contributed by atoms with van der Waals surface area (Å²) in [6.45, 7) is 7.33. The van der Waals surface area contributed by atoms with Gasteiger partial charge in [0.1, 0.15) is 19.3 Å². The fourth-order valence-corrected chi connectivity index (χ4v) is 13.4. The molecule has 0 aliphatic heterocycles. The van der Waals surface area contributed by atoms with Crippen LogP contribution in [-0.2, 0) is 65.4 Å². The molecule has 3 unspecified atom stereocenters. The van der Waals surface area contributed by atoms with Crippen molar-refractivity contribution in [2.45, 2.75) is 425 Å². The number of phosphoric acid groups is 2. The van der Waals surface area contributed by atoms with E-state index >= 15 is 0 Å². The molecule has 0 aromatic heterocycles. The van der Waals surface area contributed by atoms with Crippen LogP contribution in [-0.4, -0.2) is 96.7 Å². The lowest BCUT2D eigenvalue weighted by Crippen LogP contribution is -2.30. The normalized spacial score (nSPS) is 14.2. The Balaban J connectivity index is 5.21. The summed E-state index contributed by atoms with van der Waals surface area (Å²) in [5, 5.41) is 10.6. The summed E-state index contributed by atoms with van der Waals surface area (Å²) in [6, 6.07) is 0. The van der Waals surface area contributed by atoms with Gasteiger partial charge in [-0.1, -0.05) is 356 Å². The van der Waals surface area contributed by atoms with Crippen molar-refractivity contribution in [3.05, 3.63) is 0 Å². The zero-order chi connectivity index (χ0) is 70.5. The van der Waals surface area contributed by atoms with E-state index in [1.807, 2.05) is 0 Å². The van der Waals surface area contributed by atoms with E-state index in [4.69, 9.17) is 37.0 Å². The van der Waals surface area contributed by atoms with E-state index in [0.29, 0.717) is 25.7 Å². The van der Waals surface area contributed by atoms with Gasteiger partial charge in [-0.2, -0.15) is 0 Å². The van der Waals surface area contributed by atoms with Gasteiger partial charge in [-0.3, -0.25) is 37.3 Å². The van der Waals surface area contributed by atoms with Gasteiger partial charge in [0.25, 0.3) is 0 Å². The molecule has 0 spiro atoms. The lowest BCUT2D eigenvalue weighted by Gasteiger charge is -2.21. The molecule has 0 heterocycles. The molecule has 0 fully saturated rings. The number of hydrogen-bond acceptors (Lipinski definition) is 15. The van der Waals surface area contributed by atoms with Crippen molar-refractivity contribution in [1.29, 1.82) is 0 Å². The Kier molecular flexibility index (Phi) is 68.7. The quantitative estimate of drug-likeness (QED) is 0.0222. The Morgan fingerprint density at radius 1 is 0.292 bits per heavy atom. The first-order valence-corrected chi connectivity index (χ1v) is 43.2. The summed E-state index contributed by atoms with van der Waals surface area (Å²) in [6.07, 6.45) is 59.6. The first kappa shape index (κ1) is 94.1. The summed E-state index contributed by atoms with van der Waals surface area (Å²) in [4.78, 5) is 72.8. The van der Waals surface area contributed by atoms with Crippen molar-refractivity contribution in [2.24, 2.45) is 5.92 Å². The molecule has 0 aliphatic rings. The molecule has 0 saturated heterocycles. The van der Waals surface area contributed by atoms with E-state index in [9.17, 15) is 43.2 Å². The number of phosphoric ester groups is 2. The molecule has 0 radical (unpaired) electrons. The summed E-state index contributed by atoms with van der Waals surface area (Å²) in [7, 11) is -9.91. The van der Waals surface area contributed by atoms with Crippen LogP contribution >= 0.6 is 15.6 Å². The lowest BCUT2D eigenvalue weighted by molar-refractivity contribution is -0.161. The van der Waals surface area contributed by atoms with Gasteiger partial charge in [0.2, 0.25) is 0 Å². The second-order valence-electron chi connectivity index (χ2n) is 28.0. The molecule has 0 rings (SSSR count). The van der Waals surface area contributed by atoms with E-state index in [0.717, 1.165) is 102 Å². The molecule has 3 N–H and O–H groups in total. The number of aliphatic hydroxyl groups is 1. The fourth-order valence-electron chi connectivity index (χ4n) is 11.8. The highest BCUT2D eigenvalue weighted by molar-refractivity contribution is 7.47. The molecule has 0 saturated carbocycles. The molecule has 0 amide bonds. The average molecular weight is 1410 g/mol. The van der Waals surface area contributed by atoms with Crippen molar-refractivity contribution < 1.29 is 80.2 Å². The highest BCUT2D eigenvalue weighted by Gasteiger charge is 2.30. The van der Waals surface area contributed by atoms with Crippen LogP contribution in [0.25, 0.3) is 0 Å². The number of unbranched alkanes of at least 4 members (excludes halogenated alkanes) is 48. The zero-order valence-electron chi connectivity index (χ0n) is 62.5. The van der Waals surface area contributed by atoms with Crippen LogP contribution in [0.3, 0.4) is 0 Å². The highest BCUT2D eigenvalue weighted by Crippen LogP contribution is 2.45. The van der Waals surface area contributed by atoms with Crippen LogP contribution in [0.5, 0.6) is 0 Å². The number of carbonyl (C=O) groups excluding carboxylic acids is 4. The SMILES string of the molecule is CCCCCCCCCCCCCCCCCCCC(=O)OC[C@H](COP(=O)(O)OC[C@@H](O)COP(=O)(O)OC[C@@H](COC(=O)CCCCCCCCCC)OC(=O)CCCCCCCCCCCCCCC)OC(=O)CCCCCCCCCCCCCCCCC(C)CC. The number of aliphatic hydroxyl groups excluding tert-OH is 1. The molecule has 6 atom stereocenters. The molecule has 17 nitrogen and oxygen atoms in total. The number of carbonyl (C=O) groups is 4. The molecular weight excluding hydrogens is 1260 g/mol. The Hall–Kier alpha value is -1.94. The van der Waals surface area contributed by atoms with Crippen molar-refractivity contribution >= 4 is 39.5 Å². The van der Waals surface area contributed by atoms with Gasteiger partial charge in [-0.25, -0.2) is 9.13 Å². The maximum Gasteiger partial charge on any atom is 0.472 e. The smallest absolute Gasteiger partial charge is 0.462 e. The van der Waals surface area contributed by atoms with Crippen molar-refractivity contribution in [3.8, 4) is 0 Å². The second-order valence-corrected chi connectivity index (χ2v) is 30.9. The zero-order valence-corrected chi connectivity index (χ0v) is 64.3. The van der Waals surface area contributed by atoms with E-state index < -0.39 is 97.5 Å². The van der Waals surface area contributed by atoms with E-state index in [1.54, 1.807) is 0 Å². The Labute approximate surface area is 588 Å². The topological polar surface area (TPSA) is 237 Å². The van der Waals surface area contributed by atoms with E-state index in [-0.39, 0.29) is 25.7 Å². The maximum atomic E-state index is 13.1. The van der Waals surface area contributed by atoms with Gasteiger partial charge in [0, 0.05) is 25.7 Å². The van der Waals surface area contributed by atoms with Crippen molar-refractivity contribution in [2.75, 3.05) is 39.6 Å². The minimum Gasteiger partial charge on any atom is -0.462 e. The summed E-state index contributed by atoms with van der Waals surface area (Å²) in [5.74, 6) is -1.27. The minimum absolute atomic E-state index is 0.108. The number of rotatable bonds is 77. The predicted molar refractivity (Wildman–Crippen MR) is 391 cm³/mol. The van der Waals surface area contributed by atoms with Gasteiger partial charge in [0.15, 0.2) is 12.2 Å². The van der Waals surface area contributed by atoms with E-state index in [2.05, 4.69) is 34.6 Å². The Morgan fingerprint density at radius 2 is 0.500 bits per heavy atom. The monoisotopic (exact) mass is 1410 g/mol. The van der Waals surface area contributed by atoms with Crippen LogP contribution in [0.4, 0.5) is 0 Å². The summed E-state index contributed by atoms with van der Waals surface area (Å²) < 4.78 is 68.5. The predicted octanol–water partition coefficient (Wildman–Crippen LogP) is 22.9. The molecule has 0 aromatic rings. The third-order valence-corrected chi connectivity index (χ3v) is 20.3. The first-order valence-electron chi connectivity index (χ1n) is 40.2. The summed E-state index contributed by atoms with van der Waals surface area (Å²) in [5.41, 5.74) is 0. The molecule has 570 valence electrons. The van der Waals surface area contributed by atoms with E-state index in [1.165, 1.54) is 225 Å². The summed E-state index contributed by atoms with van der Waals surface area (Å²) >= 11 is 0. The molecule has 0 aromatic carbocycles. The van der Waals surface area contributed by atoms with Crippen LogP contribution < -0.4 is 0 Å². The third kappa shape index (κ3) is 69.2. The molecule has 0 bridgehead atoms. The van der Waals surface area contributed by atoms with Crippen LogP contribution in [0.1, 0.15) is 407 Å². The second kappa shape index (κ2) is 70.1. The number of esters is 4. The third-order valence-electron chi connectivity index (χ3n) is 18.4. The van der Waals surface area contributed by atoms with Gasteiger partial charge >= 0.3 is 39.5 Å². The first-order chi connectivity index (χ1) is 46.6. The average Bonchev–Trinajstić information content (AvgIpc) is 1.22. The van der Waals surface area contributed by atoms with Crippen LogP contribution in [0, 0.1) is 5.92 Å². The fraction of sp³-hybridized carbons (Fsp3) is 0.948. The van der Waals surface area contributed by atoms with Crippen molar-refractivity contribution in [3.63, 3.8) is 0 Å². The standard InChI is InChI=1S/C77H150O17P2/c1-6-10-13-16-19-22-24-26-27-28-29-34-37-41-46-51-56-61-75(80)88-67-73(94-77(82)63-58-53-48-43-39-35-31-30-33-36-40-44-49-54-59-70(5)9-4)69-92-96(85,86)90-65-71(78)64-89-95(83,84)91-68-72(66-87-74(79)60-55-50-45-21-18-15-12-8-3)93-76(81)62-57-52-47-42-38-32-25-23-20-17-14-11-7-2/h70-73,78H,6-69H2,1-5H3,(H,83,84)(H,85,86)/t70?,71-,72+,73+/m0/s1. The van der Waals surface area contributed by atoms with Gasteiger partial charge in [-0.05, 0) is 31.6 Å². The highest BCUT2D eigenvalue weighted by atomic mass is 31.2. The van der Waals surface area contributed by atoms with Crippen LogP contribution in [0.15, 0.2) is 0 Å². The minimum atomic E-state index is -4.96. The van der Waals surface area contributed by atoms with Crippen LogP contribution in [0.2, 0.25) is 0 Å². The number of ether oxygens (including phenoxy) is 4. The Morgan fingerprint density at radius 3 is 0.740 bits per heavy atom. The van der Waals surface area contributed by atoms with Gasteiger partial charge < -0.3 is 33.8 Å². The molecule has 96 heavy (non-hydrogen) atoms. The maximum absolute atomic E-state index is 13.1. The Bertz CT molecular complexity index is 1840. The lowest BCUT2D eigenvalue weighted by atomic mass is 9.99. The van der Waals surface area contributed by atoms with Gasteiger partial charge in [0.05, 0.1) is 26.4 Å². The molecular formula is C77H150O17P2. The molecule has 0 aliphatic carbocycles. The largest absolute Gasteiger partial charge is 0.472 e. The van der Waals surface area contributed by atoms with Crippen molar-refractivity contribution in [1.82, 2.24) is 0 Å². The number of hydrogen-bond donors (Lipinski definition) is 3. The van der Waals surface area contributed by atoms with Gasteiger partial charge in [-0.15, -0.1) is 0 Å².